The number of carbonyl (C=O) groups is 3. The van der Waals surface area contributed by atoms with E-state index in [1.165, 1.54) is 4.90 Å². The number of fused-ring (bicyclic) bond motifs is 1. The number of urea groups is 1. The summed E-state index contributed by atoms with van der Waals surface area (Å²) < 4.78 is 0. The van der Waals surface area contributed by atoms with E-state index in [9.17, 15) is 14.4 Å². The Morgan fingerprint density at radius 3 is 2.71 bits per heavy atom. The second-order valence-electron chi connectivity index (χ2n) is 5.44. The maximum atomic E-state index is 12.1. The lowest BCUT2D eigenvalue weighted by atomic mass is 9.95. The quantitative estimate of drug-likeness (QED) is 0.644. The molecule has 1 fully saturated rings. The second-order valence-corrected chi connectivity index (χ2v) is 5.44. The maximum absolute atomic E-state index is 12.1. The van der Waals surface area contributed by atoms with E-state index in [0.29, 0.717) is 18.5 Å². The van der Waals surface area contributed by atoms with Gasteiger partial charge in [0.1, 0.15) is 5.54 Å². The maximum Gasteiger partial charge on any atom is 0.324 e. The van der Waals surface area contributed by atoms with Crippen LogP contribution in [-0.4, -0.2) is 41.9 Å². The normalized spacial score (nSPS) is 23.4. The van der Waals surface area contributed by atoms with Crippen LogP contribution in [0.1, 0.15) is 11.1 Å². The highest BCUT2D eigenvalue weighted by Gasteiger charge is 2.54. The number of imide groups is 1. The van der Waals surface area contributed by atoms with Gasteiger partial charge in [-0.1, -0.05) is 6.07 Å². The number of hydrogen-bond acceptors (Lipinski definition) is 4. The smallest absolute Gasteiger partial charge is 0.324 e. The first kappa shape index (κ1) is 13.6. The number of anilines is 1. The molecule has 7 heteroatoms. The molecule has 4 N–H and O–H groups in total. The van der Waals surface area contributed by atoms with E-state index in [1.54, 1.807) is 13.1 Å². The standard InChI is InChI=1S/C14H16N4O3/c1-18-13(21)17-12(20)14(18)5-8-2-3-10(4-9(8)6-14)16-11(19)7-15/h2-4H,5-7,15H2,1H3,(H,16,19)(H,17,20,21)/t14-/m0/s1. The third-order valence-electron chi connectivity index (χ3n) is 4.23. The molecule has 0 aromatic heterocycles. The van der Waals surface area contributed by atoms with E-state index in [2.05, 4.69) is 10.6 Å². The molecule has 1 aliphatic heterocycles. The van der Waals surface area contributed by atoms with Gasteiger partial charge >= 0.3 is 6.03 Å². The number of nitrogens with one attached hydrogen (secondary N) is 2. The topological polar surface area (TPSA) is 105 Å². The van der Waals surface area contributed by atoms with Crippen LogP contribution in [0.2, 0.25) is 0 Å². The van der Waals surface area contributed by atoms with Gasteiger partial charge in [0.05, 0.1) is 6.54 Å². The highest BCUT2D eigenvalue weighted by molar-refractivity contribution is 6.07. The van der Waals surface area contributed by atoms with Crippen LogP contribution in [0.4, 0.5) is 10.5 Å². The van der Waals surface area contributed by atoms with Crippen LogP contribution in [-0.2, 0) is 22.4 Å². The first-order valence-corrected chi connectivity index (χ1v) is 6.67. The Morgan fingerprint density at radius 1 is 1.38 bits per heavy atom. The van der Waals surface area contributed by atoms with E-state index in [4.69, 9.17) is 5.73 Å². The van der Waals surface area contributed by atoms with Gasteiger partial charge in [-0.25, -0.2) is 4.79 Å². The van der Waals surface area contributed by atoms with Gasteiger partial charge in [0, 0.05) is 25.6 Å². The minimum absolute atomic E-state index is 0.0827. The zero-order valence-electron chi connectivity index (χ0n) is 11.6. The number of hydrogen-bond donors (Lipinski definition) is 3. The number of benzene rings is 1. The van der Waals surface area contributed by atoms with Crippen molar-refractivity contribution in [1.29, 1.82) is 0 Å². The minimum atomic E-state index is -0.837. The van der Waals surface area contributed by atoms with Crippen LogP contribution in [0, 0.1) is 0 Å². The highest BCUT2D eigenvalue weighted by Crippen LogP contribution is 2.37. The summed E-state index contributed by atoms with van der Waals surface area (Å²) in [5.41, 5.74) is 7.05. The molecule has 1 aliphatic carbocycles. The molecule has 1 spiro atoms. The Bertz CT molecular complexity index is 658. The Morgan fingerprint density at radius 2 is 2.10 bits per heavy atom. The van der Waals surface area contributed by atoms with Crippen molar-refractivity contribution >= 4 is 23.5 Å². The van der Waals surface area contributed by atoms with Crippen molar-refractivity contribution in [2.24, 2.45) is 5.73 Å². The van der Waals surface area contributed by atoms with Crippen molar-refractivity contribution in [2.75, 3.05) is 18.9 Å². The van der Waals surface area contributed by atoms with Crippen LogP contribution in [0.25, 0.3) is 0 Å². The van der Waals surface area contributed by atoms with Crippen molar-refractivity contribution in [2.45, 2.75) is 18.4 Å². The highest BCUT2D eigenvalue weighted by atomic mass is 16.2. The van der Waals surface area contributed by atoms with Crippen molar-refractivity contribution in [3.8, 4) is 0 Å². The summed E-state index contributed by atoms with van der Waals surface area (Å²) in [5, 5.41) is 5.04. The predicted molar refractivity (Wildman–Crippen MR) is 75.6 cm³/mol. The molecular weight excluding hydrogens is 272 g/mol. The molecule has 0 bridgehead atoms. The molecule has 0 unspecified atom stereocenters. The average molecular weight is 288 g/mol. The number of rotatable bonds is 2. The number of amides is 4. The third-order valence-corrected chi connectivity index (χ3v) is 4.23. The first-order chi connectivity index (χ1) is 9.96. The Kier molecular flexibility index (Phi) is 2.94. The van der Waals surface area contributed by atoms with Gasteiger partial charge in [-0.3, -0.25) is 14.9 Å². The fourth-order valence-corrected chi connectivity index (χ4v) is 2.99. The summed E-state index contributed by atoms with van der Waals surface area (Å²) in [6.45, 7) is -0.0827. The molecule has 1 aromatic carbocycles. The SMILES string of the molecule is CN1C(=O)NC(=O)[C@@]12Cc1ccc(NC(=O)CN)cc1C2. The second kappa shape index (κ2) is 4.56. The average Bonchev–Trinajstić information content (AvgIpc) is 2.93. The molecule has 3 rings (SSSR count). The molecule has 7 nitrogen and oxygen atoms in total. The van der Waals surface area contributed by atoms with Crippen LogP contribution in [0.15, 0.2) is 18.2 Å². The molecule has 21 heavy (non-hydrogen) atoms. The molecular formula is C14H16N4O3. The third kappa shape index (κ3) is 1.97. The fourth-order valence-electron chi connectivity index (χ4n) is 2.99. The molecule has 110 valence electrons. The lowest BCUT2D eigenvalue weighted by Gasteiger charge is -2.27. The fraction of sp³-hybridized carbons (Fsp3) is 0.357. The molecule has 1 aromatic rings. The number of nitrogens with two attached hydrogens (primary N) is 1. The van der Waals surface area contributed by atoms with Crippen LogP contribution >= 0.6 is 0 Å². The lowest BCUT2D eigenvalue weighted by Crippen LogP contribution is -2.48. The van der Waals surface area contributed by atoms with Crippen molar-refractivity contribution < 1.29 is 14.4 Å². The Balaban J connectivity index is 1.89. The van der Waals surface area contributed by atoms with Gasteiger partial charge < -0.3 is 16.0 Å². The Labute approximate surface area is 121 Å². The predicted octanol–water partition coefficient (Wildman–Crippen LogP) is -0.397. The number of nitrogens with zero attached hydrogens (tertiary/aromatic N) is 1. The van der Waals surface area contributed by atoms with Crippen LogP contribution in [0.3, 0.4) is 0 Å². The molecule has 1 heterocycles. The van der Waals surface area contributed by atoms with E-state index >= 15 is 0 Å². The molecule has 0 radical (unpaired) electrons. The zero-order valence-corrected chi connectivity index (χ0v) is 11.6. The van der Waals surface area contributed by atoms with E-state index in [-0.39, 0.29) is 24.4 Å². The van der Waals surface area contributed by atoms with E-state index < -0.39 is 5.54 Å². The van der Waals surface area contributed by atoms with Crippen LogP contribution < -0.4 is 16.4 Å². The molecule has 2 aliphatic rings. The molecule has 0 saturated carbocycles. The first-order valence-electron chi connectivity index (χ1n) is 6.67. The van der Waals surface area contributed by atoms with Gasteiger partial charge in [-0.2, -0.15) is 0 Å². The van der Waals surface area contributed by atoms with Gasteiger partial charge in [0.25, 0.3) is 5.91 Å². The summed E-state index contributed by atoms with van der Waals surface area (Å²) >= 11 is 0. The molecule has 1 saturated heterocycles. The minimum Gasteiger partial charge on any atom is -0.325 e. The van der Waals surface area contributed by atoms with Gasteiger partial charge in [-0.05, 0) is 23.3 Å². The monoisotopic (exact) mass is 288 g/mol. The summed E-state index contributed by atoms with van der Waals surface area (Å²) in [6.07, 6.45) is 0.935. The van der Waals surface area contributed by atoms with Crippen molar-refractivity contribution in [1.82, 2.24) is 10.2 Å². The molecule has 4 amide bonds. The number of carbonyl (C=O) groups excluding carboxylic acids is 3. The van der Waals surface area contributed by atoms with Crippen LogP contribution in [0.5, 0.6) is 0 Å². The lowest BCUT2D eigenvalue weighted by molar-refractivity contribution is -0.125. The van der Waals surface area contributed by atoms with Gasteiger partial charge in [-0.15, -0.1) is 0 Å². The largest absolute Gasteiger partial charge is 0.325 e. The van der Waals surface area contributed by atoms with Gasteiger partial charge in [0.15, 0.2) is 0 Å². The summed E-state index contributed by atoms with van der Waals surface area (Å²) in [6, 6.07) is 5.12. The zero-order chi connectivity index (χ0) is 15.2. The summed E-state index contributed by atoms with van der Waals surface area (Å²) in [5.74, 6) is -0.535. The summed E-state index contributed by atoms with van der Waals surface area (Å²) in [7, 11) is 1.63. The van der Waals surface area contributed by atoms with Crippen molar-refractivity contribution in [3.63, 3.8) is 0 Å². The van der Waals surface area contributed by atoms with Gasteiger partial charge in [0.2, 0.25) is 5.91 Å². The van der Waals surface area contributed by atoms with E-state index in [1.807, 2.05) is 12.1 Å². The number of likely N-dealkylation sites (N-methyl/N-ethyl adjacent to an activating group) is 1. The van der Waals surface area contributed by atoms with Crippen molar-refractivity contribution in [3.05, 3.63) is 29.3 Å². The summed E-state index contributed by atoms with van der Waals surface area (Å²) in [4.78, 5) is 36.6. The molecule has 1 atom stereocenters. The Hall–Kier alpha value is -2.41. The van der Waals surface area contributed by atoms with E-state index in [0.717, 1.165) is 11.1 Å².